The zero-order valence-corrected chi connectivity index (χ0v) is 16.3. The van der Waals surface area contributed by atoms with E-state index in [2.05, 4.69) is 46.1 Å². The molecule has 0 radical (unpaired) electrons. The largest absolute Gasteiger partial charge is 0.364 e. The smallest absolute Gasteiger partial charge is 0.252 e. The van der Waals surface area contributed by atoms with Gasteiger partial charge in [-0.1, -0.05) is 30.3 Å². The topological polar surface area (TPSA) is 48.5 Å². The van der Waals surface area contributed by atoms with Crippen LogP contribution in [0.25, 0.3) is 0 Å². The van der Waals surface area contributed by atoms with Crippen molar-refractivity contribution in [2.24, 2.45) is 0 Å². The third-order valence-corrected chi connectivity index (χ3v) is 4.20. The Bertz CT molecular complexity index is 685. The third kappa shape index (κ3) is 6.15. The molecular formula is C21H30N4O. The fourth-order valence-electron chi connectivity index (χ4n) is 2.76. The van der Waals surface area contributed by atoms with Crippen LogP contribution in [0.3, 0.4) is 0 Å². The maximum atomic E-state index is 12.4. The van der Waals surface area contributed by atoms with Crippen LogP contribution < -0.4 is 10.2 Å². The average Bonchev–Trinajstić information content (AvgIpc) is 2.63. The number of hydrogen-bond acceptors (Lipinski definition) is 4. The summed E-state index contributed by atoms with van der Waals surface area (Å²) in [6.45, 7) is 6.71. The first-order valence-electron chi connectivity index (χ1n) is 9.16. The molecule has 2 rings (SSSR count). The Balaban J connectivity index is 2.06. The summed E-state index contributed by atoms with van der Waals surface area (Å²) < 4.78 is 0. The molecule has 1 N–H and O–H groups in total. The number of hydrogen-bond donors (Lipinski definition) is 1. The lowest BCUT2D eigenvalue weighted by Crippen LogP contribution is -2.31. The summed E-state index contributed by atoms with van der Waals surface area (Å²) in [4.78, 5) is 21.1. The Morgan fingerprint density at radius 3 is 2.54 bits per heavy atom. The lowest BCUT2D eigenvalue weighted by molar-refractivity contribution is 0.0952. The highest BCUT2D eigenvalue weighted by molar-refractivity contribution is 5.94. The van der Waals surface area contributed by atoms with Gasteiger partial charge in [0.15, 0.2) is 0 Å². The van der Waals surface area contributed by atoms with Crippen LogP contribution in [0.1, 0.15) is 36.2 Å². The second-order valence-electron chi connectivity index (χ2n) is 7.05. The van der Waals surface area contributed by atoms with Crippen LogP contribution in [0.15, 0.2) is 48.8 Å². The van der Waals surface area contributed by atoms with Crippen molar-refractivity contribution in [3.63, 3.8) is 0 Å². The molecule has 5 heteroatoms. The van der Waals surface area contributed by atoms with Crippen molar-refractivity contribution < 1.29 is 4.79 Å². The second kappa shape index (κ2) is 9.92. The highest BCUT2D eigenvalue weighted by Gasteiger charge is 2.14. The molecule has 26 heavy (non-hydrogen) atoms. The highest BCUT2D eigenvalue weighted by atomic mass is 16.1. The Labute approximate surface area is 157 Å². The first-order valence-corrected chi connectivity index (χ1v) is 9.16. The van der Waals surface area contributed by atoms with E-state index in [4.69, 9.17) is 0 Å². The van der Waals surface area contributed by atoms with Crippen molar-refractivity contribution in [3.8, 4) is 0 Å². The summed E-state index contributed by atoms with van der Waals surface area (Å²) in [5.74, 6) is -0.0680. The molecule has 0 aliphatic rings. The minimum absolute atomic E-state index is 0.0680. The van der Waals surface area contributed by atoms with Crippen molar-refractivity contribution >= 4 is 11.6 Å². The van der Waals surface area contributed by atoms with E-state index >= 15 is 0 Å². The quantitative estimate of drug-likeness (QED) is 0.703. The summed E-state index contributed by atoms with van der Waals surface area (Å²) >= 11 is 0. The van der Waals surface area contributed by atoms with Crippen LogP contribution in [0.5, 0.6) is 0 Å². The van der Waals surface area contributed by atoms with E-state index in [1.165, 1.54) is 5.56 Å². The molecule has 0 bridgehead atoms. The summed E-state index contributed by atoms with van der Waals surface area (Å²) in [5, 5.41) is 2.98. The average molecular weight is 354 g/mol. The predicted octanol–water partition coefficient (Wildman–Crippen LogP) is 3.18. The van der Waals surface area contributed by atoms with Crippen LogP contribution in [0.4, 0.5) is 5.69 Å². The molecule has 1 heterocycles. The van der Waals surface area contributed by atoms with Gasteiger partial charge >= 0.3 is 0 Å². The first kappa shape index (κ1) is 19.9. The minimum Gasteiger partial charge on any atom is -0.364 e. The Hall–Kier alpha value is -2.40. The standard InChI is InChI=1S/C21H30N4O/c1-17(2)25(16-18-9-6-5-7-10-18)20-13-19(14-22-15-20)21(26)23-11-8-12-24(3)4/h5-7,9-10,13-15,17H,8,11-12,16H2,1-4H3,(H,23,26). The van der Waals surface area contributed by atoms with Gasteiger partial charge < -0.3 is 15.1 Å². The molecular weight excluding hydrogens is 324 g/mol. The van der Waals surface area contributed by atoms with Gasteiger partial charge in [-0.25, -0.2) is 0 Å². The molecule has 1 aromatic heterocycles. The van der Waals surface area contributed by atoms with E-state index in [0.29, 0.717) is 18.2 Å². The van der Waals surface area contributed by atoms with E-state index in [1.54, 1.807) is 6.20 Å². The molecule has 0 unspecified atom stereocenters. The third-order valence-electron chi connectivity index (χ3n) is 4.20. The van der Waals surface area contributed by atoms with Crippen LogP contribution in [-0.2, 0) is 6.54 Å². The minimum atomic E-state index is -0.0680. The van der Waals surface area contributed by atoms with Gasteiger partial charge in [-0.3, -0.25) is 9.78 Å². The fraction of sp³-hybridized carbons (Fsp3) is 0.429. The van der Waals surface area contributed by atoms with Gasteiger partial charge in [0.25, 0.3) is 5.91 Å². The van der Waals surface area contributed by atoms with Gasteiger partial charge in [0.1, 0.15) is 0 Å². The zero-order chi connectivity index (χ0) is 18.9. The molecule has 0 aliphatic carbocycles. The SMILES string of the molecule is CC(C)N(Cc1ccccc1)c1cncc(C(=O)NCCCN(C)C)c1. The summed E-state index contributed by atoms with van der Waals surface area (Å²) in [6, 6.07) is 12.6. The summed E-state index contributed by atoms with van der Waals surface area (Å²) in [7, 11) is 4.06. The molecule has 0 saturated heterocycles. The van der Waals surface area contributed by atoms with E-state index in [9.17, 15) is 4.79 Å². The maximum Gasteiger partial charge on any atom is 0.252 e. The van der Waals surface area contributed by atoms with Crippen molar-refractivity contribution in [2.45, 2.75) is 32.9 Å². The van der Waals surface area contributed by atoms with Crippen LogP contribution in [0, 0.1) is 0 Å². The van der Waals surface area contributed by atoms with Crippen LogP contribution >= 0.6 is 0 Å². The molecule has 2 aromatic rings. The van der Waals surface area contributed by atoms with Crippen LogP contribution in [0.2, 0.25) is 0 Å². The monoisotopic (exact) mass is 354 g/mol. The van der Waals surface area contributed by atoms with Crippen molar-refractivity contribution in [1.82, 2.24) is 15.2 Å². The number of benzene rings is 1. The molecule has 0 saturated carbocycles. The molecule has 5 nitrogen and oxygen atoms in total. The van der Waals surface area contributed by atoms with Crippen molar-refractivity contribution in [3.05, 3.63) is 59.9 Å². The Morgan fingerprint density at radius 2 is 1.88 bits per heavy atom. The number of carbonyl (C=O) groups is 1. The van der Waals surface area contributed by atoms with E-state index in [0.717, 1.165) is 25.2 Å². The van der Waals surface area contributed by atoms with Gasteiger partial charge in [-0.15, -0.1) is 0 Å². The zero-order valence-electron chi connectivity index (χ0n) is 16.3. The van der Waals surface area contributed by atoms with Crippen molar-refractivity contribution in [1.29, 1.82) is 0 Å². The number of pyridine rings is 1. The van der Waals surface area contributed by atoms with Gasteiger partial charge in [0.05, 0.1) is 17.4 Å². The number of nitrogens with zero attached hydrogens (tertiary/aromatic N) is 3. The predicted molar refractivity (Wildman–Crippen MR) is 108 cm³/mol. The number of nitrogens with one attached hydrogen (secondary N) is 1. The van der Waals surface area contributed by atoms with Gasteiger partial charge in [-0.05, 0) is 52.5 Å². The number of aromatic nitrogens is 1. The molecule has 1 aromatic carbocycles. The lowest BCUT2D eigenvalue weighted by atomic mass is 10.1. The number of anilines is 1. The Kier molecular flexibility index (Phi) is 7.60. The first-order chi connectivity index (χ1) is 12.5. The van der Waals surface area contributed by atoms with Crippen LogP contribution in [-0.4, -0.2) is 49.0 Å². The Morgan fingerprint density at radius 1 is 1.15 bits per heavy atom. The van der Waals surface area contributed by atoms with Gasteiger partial charge in [0.2, 0.25) is 0 Å². The van der Waals surface area contributed by atoms with E-state index < -0.39 is 0 Å². The van der Waals surface area contributed by atoms with Crippen molar-refractivity contribution in [2.75, 3.05) is 32.1 Å². The molecule has 1 amide bonds. The normalized spacial score (nSPS) is 11.0. The molecule has 0 aliphatic heterocycles. The molecule has 140 valence electrons. The molecule has 0 spiro atoms. The molecule has 0 fully saturated rings. The fourth-order valence-corrected chi connectivity index (χ4v) is 2.76. The summed E-state index contributed by atoms with van der Waals surface area (Å²) in [5.41, 5.74) is 2.80. The second-order valence-corrected chi connectivity index (χ2v) is 7.05. The summed E-state index contributed by atoms with van der Waals surface area (Å²) in [6.07, 6.45) is 4.38. The highest BCUT2D eigenvalue weighted by Crippen LogP contribution is 2.20. The number of amides is 1. The molecule has 0 atom stereocenters. The van der Waals surface area contributed by atoms with E-state index in [-0.39, 0.29) is 5.91 Å². The lowest BCUT2D eigenvalue weighted by Gasteiger charge is -2.29. The van der Waals surface area contributed by atoms with Gasteiger partial charge in [0, 0.05) is 25.3 Å². The van der Waals surface area contributed by atoms with Gasteiger partial charge in [-0.2, -0.15) is 0 Å². The number of rotatable bonds is 9. The number of carbonyl (C=O) groups excluding carboxylic acids is 1. The maximum absolute atomic E-state index is 12.4. The van der Waals surface area contributed by atoms with E-state index in [1.807, 2.05) is 44.6 Å².